The van der Waals surface area contributed by atoms with Crippen molar-refractivity contribution in [3.05, 3.63) is 205 Å². The van der Waals surface area contributed by atoms with Gasteiger partial charge in [-0.05, 0) is 118 Å². The van der Waals surface area contributed by atoms with E-state index >= 15 is 0 Å². The lowest BCUT2D eigenvalue weighted by molar-refractivity contribution is -0.138. The monoisotopic (exact) mass is 968 g/mol. The Morgan fingerprint density at radius 1 is 0.329 bits per heavy atom. The second kappa shape index (κ2) is 17.4. The minimum absolute atomic E-state index is 0.559. The lowest BCUT2D eigenvalue weighted by Crippen LogP contribution is -2.37. The van der Waals surface area contributed by atoms with E-state index in [-0.39, 0.29) is 0 Å². The average Bonchev–Trinajstić information content (AvgIpc) is 3.34. The molecule has 0 N–H and O–H groups in total. The molecule has 0 unspecified atom stereocenters. The van der Waals surface area contributed by atoms with E-state index in [9.17, 15) is 26.3 Å². The van der Waals surface area contributed by atoms with Crippen LogP contribution in [0.15, 0.2) is 194 Å². The van der Waals surface area contributed by atoms with Crippen LogP contribution in [0.1, 0.15) is 11.1 Å². The molecule has 0 fully saturated rings. The molecular formula is C60H50F6N2Si2. The van der Waals surface area contributed by atoms with Gasteiger partial charge in [0.2, 0.25) is 0 Å². The van der Waals surface area contributed by atoms with Gasteiger partial charge in [0, 0.05) is 44.3 Å². The van der Waals surface area contributed by atoms with Crippen LogP contribution in [-0.2, 0) is 12.4 Å². The zero-order valence-corrected chi connectivity index (χ0v) is 41.6. The Morgan fingerprint density at radius 2 is 0.614 bits per heavy atom. The lowest BCUT2D eigenvalue weighted by atomic mass is 9.85. The summed E-state index contributed by atoms with van der Waals surface area (Å²) in [5, 5.41) is 8.08. The molecule has 0 aliphatic heterocycles. The van der Waals surface area contributed by atoms with E-state index in [2.05, 4.69) is 158 Å². The molecule has 10 heteroatoms. The number of rotatable bonds is 10. The molecule has 0 radical (unpaired) electrons. The molecule has 0 saturated heterocycles. The minimum atomic E-state index is -4.52. The third kappa shape index (κ3) is 8.64. The maximum Gasteiger partial charge on any atom is 0.416 e. The fraction of sp³-hybridized carbons (Fsp3) is 0.133. The zero-order valence-electron chi connectivity index (χ0n) is 39.6. The first-order chi connectivity index (χ1) is 33.3. The molecule has 0 amide bonds. The Morgan fingerprint density at radius 3 is 0.900 bits per heavy atom. The van der Waals surface area contributed by atoms with Gasteiger partial charge in [-0.2, -0.15) is 26.3 Å². The van der Waals surface area contributed by atoms with Crippen molar-refractivity contribution in [1.29, 1.82) is 0 Å². The molecule has 70 heavy (non-hydrogen) atoms. The molecule has 0 heterocycles. The van der Waals surface area contributed by atoms with Crippen molar-refractivity contribution >= 4 is 93.0 Å². The first-order valence-corrected chi connectivity index (χ1v) is 30.3. The van der Waals surface area contributed by atoms with Crippen molar-refractivity contribution < 1.29 is 26.3 Å². The molecule has 0 atom stereocenters. The van der Waals surface area contributed by atoms with Gasteiger partial charge in [0.15, 0.2) is 0 Å². The highest BCUT2D eigenvalue weighted by Gasteiger charge is 2.33. The molecule has 0 bridgehead atoms. The van der Waals surface area contributed by atoms with Crippen molar-refractivity contribution in [2.24, 2.45) is 0 Å². The molecular weight excluding hydrogens is 919 g/mol. The summed E-state index contributed by atoms with van der Waals surface area (Å²) in [5.41, 5.74) is 6.55. The van der Waals surface area contributed by atoms with Crippen molar-refractivity contribution in [2.75, 3.05) is 9.80 Å². The highest BCUT2D eigenvalue weighted by Crippen LogP contribution is 2.52. The van der Waals surface area contributed by atoms with E-state index in [4.69, 9.17) is 0 Å². The summed E-state index contributed by atoms with van der Waals surface area (Å²) in [6.07, 6.45) is -9.04. The number of benzene rings is 10. The van der Waals surface area contributed by atoms with Crippen molar-refractivity contribution in [1.82, 2.24) is 0 Å². The van der Waals surface area contributed by atoms with Gasteiger partial charge in [-0.1, -0.05) is 159 Å². The number of alkyl halides is 6. The first-order valence-electron chi connectivity index (χ1n) is 23.3. The van der Waals surface area contributed by atoms with E-state index in [1.54, 1.807) is 0 Å². The highest BCUT2D eigenvalue weighted by molar-refractivity contribution is 6.89. The number of hydrogen-bond acceptors (Lipinski definition) is 2. The Balaban J connectivity index is 1.34. The van der Waals surface area contributed by atoms with Gasteiger partial charge >= 0.3 is 12.4 Å². The van der Waals surface area contributed by atoms with Crippen LogP contribution < -0.4 is 20.2 Å². The summed E-state index contributed by atoms with van der Waals surface area (Å²) < 4.78 is 84.8. The van der Waals surface area contributed by atoms with E-state index in [0.29, 0.717) is 11.4 Å². The summed E-state index contributed by atoms with van der Waals surface area (Å²) >= 11 is 0. The number of nitrogens with zero attached hydrogens (tertiary/aromatic N) is 2. The molecule has 0 aliphatic rings. The van der Waals surface area contributed by atoms with Crippen LogP contribution in [0.25, 0.3) is 54.6 Å². The Hall–Kier alpha value is -7.15. The summed E-state index contributed by atoms with van der Waals surface area (Å²) in [6, 6.07) is 60.5. The number of anilines is 6. The van der Waals surface area contributed by atoms with Crippen LogP contribution in [0.3, 0.4) is 0 Å². The van der Waals surface area contributed by atoms with E-state index < -0.39 is 39.6 Å². The van der Waals surface area contributed by atoms with Crippen molar-refractivity contribution in [3.63, 3.8) is 0 Å². The van der Waals surface area contributed by atoms with Gasteiger partial charge in [0.1, 0.15) is 0 Å². The summed E-state index contributed by atoms with van der Waals surface area (Å²) in [7, 11) is -3.47. The average molecular weight is 969 g/mol. The van der Waals surface area contributed by atoms with Crippen LogP contribution in [-0.4, -0.2) is 16.1 Å². The van der Waals surface area contributed by atoms with Crippen molar-refractivity contribution in [2.45, 2.75) is 51.6 Å². The Labute approximate surface area is 406 Å². The zero-order chi connectivity index (χ0) is 49.3. The molecule has 2 nitrogen and oxygen atoms in total. The molecule has 350 valence electrons. The third-order valence-electron chi connectivity index (χ3n) is 13.4. The third-order valence-corrected chi connectivity index (χ3v) is 17.5. The maximum atomic E-state index is 14.1. The van der Waals surface area contributed by atoms with Crippen LogP contribution in [0.2, 0.25) is 39.3 Å². The van der Waals surface area contributed by atoms with Crippen LogP contribution in [0, 0.1) is 0 Å². The maximum absolute atomic E-state index is 14.1. The molecule has 0 aromatic heterocycles. The van der Waals surface area contributed by atoms with Gasteiger partial charge < -0.3 is 9.80 Å². The first kappa shape index (κ1) is 46.6. The minimum Gasteiger partial charge on any atom is -0.310 e. The number of halogens is 6. The SMILES string of the molecule is C[Si](C)(C)c1ccc(N(c2ccc(C(F)(F)F)cc2)c2cc(-c3ccccc3)c3ccc4c(N(c5ccc(C(F)(F)F)cc5)c5ccc([Si](C)(C)C)cc5)cc(-c5ccccc5)c5ccc2c3c54)cc1. The topological polar surface area (TPSA) is 6.48 Å². The fourth-order valence-corrected chi connectivity index (χ4v) is 12.0. The van der Waals surface area contributed by atoms with Gasteiger partial charge in [-0.25, -0.2) is 0 Å². The Kier molecular flexibility index (Phi) is 11.6. The largest absolute Gasteiger partial charge is 0.416 e. The van der Waals surface area contributed by atoms with E-state index in [1.807, 2.05) is 36.4 Å². The predicted octanol–water partition coefficient (Wildman–Crippen LogP) is 18.0. The van der Waals surface area contributed by atoms with Gasteiger partial charge in [0.25, 0.3) is 0 Å². The highest BCUT2D eigenvalue weighted by atomic mass is 28.3. The fourth-order valence-electron chi connectivity index (χ4n) is 9.71. The molecule has 0 saturated carbocycles. The molecule has 10 aromatic rings. The predicted molar refractivity (Wildman–Crippen MR) is 286 cm³/mol. The molecule has 0 aliphatic carbocycles. The lowest BCUT2D eigenvalue weighted by Gasteiger charge is -2.31. The van der Waals surface area contributed by atoms with Gasteiger partial charge in [-0.3, -0.25) is 0 Å². The van der Waals surface area contributed by atoms with Crippen LogP contribution in [0.5, 0.6) is 0 Å². The van der Waals surface area contributed by atoms with Gasteiger partial charge in [-0.15, -0.1) is 0 Å². The van der Waals surface area contributed by atoms with Gasteiger partial charge in [0.05, 0.1) is 38.6 Å². The van der Waals surface area contributed by atoms with Crippen molar-refractivity contribution in [3.8, 4) is 22.3 Å². The summed E-state index contributed by atoms with van der Waals surface area (Å²) in [5.74, 6) is 0. The molecule has 10 aromatic carbocycles. The van der Waals surface area contributed by atoms with E-state index in [0.717, 1.165) is 102 Å². The summed E-state index contributed by atoms with van der Waals surface area (Å²) in [6.45, 7) is 13.7. The van der Waals surface area contributed by atoms with Crippen LogP contribution >= 0.6 is 0 Å². The standard InChI is InChI=1S/C60H50F6N2Si2/c1-69(2,3)47-29-25-45(26-30-47)67(43-21-17-41(18-22-43)59(61,62)63)55-37-53(39-13-9-7-10-14-39)49-34-36-52-56(38-54(40-15-11-8-12-16-40)50-33-35-51(55)57(49)58(50)52)68(44-23-19-42(20-24-44)60(64,65)66)46-27-31-48(32-28-46)70(4,5)6/h7-38H,1-6H3. The van der Waals surface area contributed by atoms with Crippen LogP contribution in [0.4, 0.5) is 60.5 Å². The normalized spacial score (nSPS) is 12.6. The van der Waals surface area contributed by atoms with E-state index in [1.165, 1.54) is 34.6 Å². The summed E-state index contributed by atoms with van der Waals surface area (Å²) in [4.78, 5) is 4.11. The molecule has 0 spiro atoms. The smallest absolute Gasteiger partial charge is 0.310 e. The number of hydrogen-bond donors (Lipinski definition) is 0. The molecule has 10 rings (SSSR count). The second-order valence-corrected chi connectivity index (χ2v) is 30.2. The quantitative estimate of drug-likeness (QED) is 0.0765. The Bertz CT molecular complexity index is 3140. The second-order valence-electron chi connectivity index (χ2n) is 20.0.